The lowest BCUT2D eigenvalue weighted by Gasteiger charge is -1.73. The van der Waals surface area contributed by atoms with E-state index in [1.54, 1.807) is 0 Å². The SMILES string of the molecule is [CH2]CCC#CCC#N. The summed E-state index contributed by atoms with van der Waals surface area (Å²) in [5.74, 6) is 5.49. The Morgan fingerprint density at radius 2 is 2.12 bits per heavy atom. The minimum atomic E-state index is 0.347. The van der Waals surface area contributed by atoms with E-state index < -0.39 is 0 Å². The van der Waals surface area contributed by atoms with Gasteiger partial charge in [0.2, 0.25) is 0 Å². The zero-order valence-electron chi connectivity index (χ0n) is 4.78. The van der Waals surface area contributed by atoms with Crippen molar-refractivity contribution in [2.45, 2.75) is 19.3 Å². The molecule has 0 aliphatic rings. The van der Waals surface area contributed by atoms with Gasteiger partial charge in [0.1, 0.15) is 0 Å². The molecule has 0 rings (SSSR count). The first kappa shape index (κ1) is 7.05. The molecule has 0 atom stereocenters. The maximum absolute atomic E-state index is 8.00. The van der Waals surface area contributed by atoms with E-state index in [9.17, 15) is 0 Å². The molecule has 0 fully saturated rings. The first-order valence-electron chi connectivity index (χ1n) is 2.53. The first-order chi connectivity index (χ1) is 3.91. The standard InChI is InChI=1S/C7H8N/c1-2-3-4-5-6-7-8/h1-3,6H2. The highest BCUT2D eigenvalue weighted by molar-refractivity contribution is 5.04. The van der Waals surface area contributed by atoms with Crippen molar-refractivity contribution < 1.29 is 0 Å². The van der Waals surface area contributed by atoms with Gasteiger partial charge in [-0.05, 0) is 6.42 Å². The minimum absolute atomic E-state index is 0.347. The highest BCUT2D eigenvalue weighted by Gasteiger charge is 1.68. The molecule has 0 heterocycles. The number of nitrogens with zero attached hydrogens (tertiary/aromatic N) is 1. The predicted octanol–water partition coefficient (Wildman–Crippen LogP) is 1.52. The van der Waals surface area contributed by atoms with Crippen molar-refractivity contribution >= 4 is 0 Å². The van der Waals surface area contributed by atoms with Crippen molar-refractivity contribution in [2.75, 3.05) is 0 Å². The van der Waals surface area contributed by atoms with Gasteiger partial charge in [0.25, 0.3) is 0 Å². The van der Waals surface area contributed by atoms with Crippen LogP contribution in [0.25, 0.3) is 0 Å². The van der Waals surface area contributed by atoms with Crippen molar-refractivity contribution in [1.29, 1.82) is 5.26 Å². The van der Waals surface area contributed by atoms with Gasteiger partial charge in [-0.2, -0.15) is 5.26 Å². The quantitative estimate of drug-likeness (QED) is 0.465. The summed E-state index contributed by atoms with van der Waals surface area (Å²) in [6, 6.07) is 1.93. The molecule has 0 aromatic carbocycles. The Hall–Kier alpha value is -0.950. The van der Waals surface area contributed by atoms with Crippen LogP contribution in [-0.4, -0.2) is 0 Å². The van der Waals surface area contributed by atoms with Gasteiger partial charge in [0.15, 0.2) is 0 Å². The van der Waals surface area contributed by atoms with Crippen LogP contribution < -0.4 is 0 Å². The van der Waals surface area contributed by atoms with E-state index in [2.05, 4.69) is 18.8 Å². The maximum Gasteiger partial charge on any atom is 0.0962 e. The Labute approximate surface area is 50.3 Å². The summed E-state index contributed by atoms with van der Waals surface area (Å²) >= 11 is 0. The summed E-state index contributed by atoms with van der Waals surface area (Å²) < 4.78 is 0. The summed E-state index contributed by atoms with van der Waals surface area (Å²) in [4.78, 5) is 0. The summed E-state index contributed by atoms with van der Waals surface area (Å²) in [5.41, 5.74) is 0. The van der Waals surface area contributed by atoms with Gasteiger partial charge in [-0.3, -0.25) is 0 Å². The third kappa shape index (κ3) is 5.05. The van der Waals surface area contributed by atoms with Gasteiger partial charge < -0.3 is 0 Å². The zero-order chi connectivity index (χ0) is 6.24. The lowest BCUT2D eigenvalue weighted by Crippen LogP contribution is -1.61. The molecule has 8 heavy (non-hydrogen) atoms. The number of hydrogen-bond donors (Lipinski definition) is 0. The molecule has 1 radical (unpaired) electrons. The van der Waals surface area contributed by atoms with Gasteiger partial charge in [0.05, 0.1) is 12.5 Å². The van der Waals surface area contributed by atoms with E-state index in [4.69, 9.17) is 5.26 Å². The highest BCUT2D eigenvalue weighted by atomic mass is 14.2. The van der Waals surface area contributed by atoms with Gasteiger partial charge >= 0.3 is 0 Å². The minimum Gasteiger partial charge on any atom is -0.197 e. The van der Waals surface area contributed by atoms with Crippen molar-refractivity contribution in [3.05, 3.63) is 6.92 Å². The molecule has 0 amide bonds. The van der Waals surface area contributed by atoms with E-state index in [0.717, 1.165) is 12.8 Å². The Morgan fingerprint density at radius 1 is 1.38 bits per heavy atom. The second kappa shape index (κ2) is 6.05. The van der Waals surface area contributed by atoms with Crippen molar-refractivity contribution in [1.82, 2.24) is 0 Å². The van der Waals surface area contributed by atoms with Gasteiger partial charge in [-0.1, -0.05) is 12.8 Å². The summed E-state index contributed by atoms with van der Waals surface area (Å²) in [6.45, 7) is 3.60. The number of nitriles is 1. The molecule has 0 N–H and O–H groups in total. The Balaban J connectivity index is 3.11. The Morgan fingerprint density at radius 3 is 2.62 bits per heavy atom. The summed E-state index contributed by atoms with van der Waals surface area (Å²) in [5, 5.41) is 8.00. The molecule has 0 aromatic rings. The highest BCUT2D eigenvalue weighted by Crippen LogP contribution is 1.80. The zero-order valence-corrected chi connectivity index (χ0v) is 4.78. The lowest BCUT2D eigenvalue weighted by atomic mass is 10.3. The van der Waals surface area contributed by atoms with Crippen LogP contribution >= 0.6 is 0 Å². The Kier molecular flexibility index (Phi) is 5.33. The van der Waals surface area contributed by atoms with Crippen molar-refractivity contribution in [3.63, 3.8) is 0 Å². The molecule has 41 valence electrons. The second-order valence-corrected chi connectivity index (χ2v) is 1.29. The molecule has 0 aliphatic carbocycles. The molecular weight excluding hydrogens is 98.1 g/mol. The van der Waals surface area contributed by atoms with E-state index >= 15 is 0 Å². The fourth-order valence-electron chi connectivity index (χ4n) is 0.279. The first-order valence-corrected chi connectivity index (χ1v) is 2.53. The topological polar surface area (TPSA) is 23.8 Å². The summed E-state index contributed by atoms with van der Waals surface area (Å²) in [7, 11) is 0. The fourth-order valence-corrected chi connectivity index (χ4v) is 0.279. The van der Waals surface area contributed by atoms with Crippen LogP contribution in [0, 0.1) is 30.1 Å². The van der Waals surface area contributed by atoms with Gasteiger partial charge in [-0.15, -0.1) is 5.92 Å². The molecule has 1 heteroatoms. The molecule has 0 aromatic heterocycles. The third-order valence-corrected chi connectivity index (χ3v) is 0.594. The molecule has 0 bridgehead atoms. The van der Waals surface area contributed by atoms with Gasteiger partial charge in [0, 0.05) is 6.42 Å². The van der Waals surface area contributed by atoms with Crippen LogP contribution in [0.2, 0.25) is 0 Å². The smallest absolute Gasteiger partial charge is 0.0962 e. The van der Waals surface area contributed by atoms with Crippen molar-refractivity contribution in [3.8, 4) is 17.9 Å². The van der Waals surface area contributed by atoms with Gasteiger partial charge in [-0.25, -0.2) is 0 Å². The lowest BCUT2D eigenvalue weighted by molar-refractivity contribution is 1.08. The number of hydrogen-bond acceptors (Lipinski definition) is 1. The van der Waals surface area contributed by atoms with Crippen LogP contribution in [0.5, 0.6) is 0 Å². The molecule has 0 spiro atoms. The molecule has 1 nitrogen and oxygen atoms in total. The van der Waals surface area contributed by atoms with E-state index in [-0.39, 0.29) is 0 Å². The van der Waals surface area contributed by atoms with Crippen LogP contribution in [0.1, 0.15) is 19.3 Å². The second-order valence-electron chi connectivity index (χ2n) is 1.29. The van der Waals surface area contributed by atoms with E-state index in [1.165, 1.54) is 0 Å². The normalized spacial score (nSPS) is 6.50. The molecular formula is C7H8N. The molecule has 0 unspecified atom stereocenters. The predicted molar refractivity (Wildman–Crippen MR) is 32.6 cm³/mol. The Bertz CT molecular complexity index is 131. The molecule has 0 saturated heterocycles. The van der Waals surface area contributed by atoms with E-state index in [1.807, 2.05) is 6.07 Å². The average molecular weight is 106 g/mol. The third-order valence-electron chi connectivity index (χ3n) is 0.594. The van der Waals surface area contributed by atoms with Crippen molar-refractivity contribution in [2.24, 2.45) is 0 Å². The van der Waals surface area contributed by atoms with E-state index in [0.29, 0.717) is 6.42 Å². The van der Waals surface area contributed by atoms with Crippen LogP contribution in [0.15, 0.2) is 0 Å². The van der Waals surface area contributed by atoms with Crippen LogP contribution in [-0.2, 0) is 0 Å². The number of unbranched alkanes of at least 4 members (excludes halogenated alkanes) is 1. The molecule has 0 saturated carbocycles. The molecule has 0 aliphatic heterocycles. The fraction of sp³-hybridized carbons (Fsp3) is 0.429. The number of rotatable bonds is 1. The average Bonchev–Trinajstić information content (AvgIpc) is 1.81. The monoisotopic (exact) mass is 106 g/mol. The van der Waals surface area contributed by atoms with Crippen LogP contribution in [0.3, 0.4) is 0 Å². The summed E-state index contributed by atoms with van der Waals surface area (Å²) in [6.07, 6.45) is 1.99. The maximum atomic E-state index is 8.00. The largest absolute Gasteiger partial charge is 0.197 e. The van der Waals surface area contributed by atoms with Crippen LogP contribution in [0.4, 0.5) is 0 Å².